The molecule has 0 aliphatic rings. The van der Waals surface area contributed by atoms with Gasteiger partial charge in [-0.25, -0.2) is 0 Å². The highest BCUT2D eigenvalue weighted by Gasteiger charge is 2.20. The molecular weight excluding hydrogens is 749 g/mol. The Morgan fingerprint density at radius 3 is 1.65 bits per heavy atom. The van der Waals surface area contributed by atoms with Crippen molar-refractivity contribution in [2.24, 2.45) is 0 Å². The molecule has 0 N–H and O–H groups in total. The first-order valence-electron chi connectivity index (χ1n) is 21.3. The molecule has 0 radical (unpaired) electrons. The summed E-state index contributed by atoms with van der Waals surface area (Å²) in [6.45, 7) is 0. The van der Waals surface area contributed by atoms with E-state index in [9.17, 15) is 0 Å². The van der Waals surface area contributed by atoms with Crippen LogP contribution in [0, 0.1) is 0 Å². The molecule has 0 saturated carbocycles. The van der Waals surface area contributed by atoms with Crippen molar-refractivity contribution in [2.45, 2.75) is 0 Å². The van der Waals surface area contributed by atoms with Gasteiger partial charge in [-0.15, -0.1) is 0 Å². The number of rotatable bonds is 7. The predicted octanol–water partition coefficient (Wildman–Crippen LogP) is 16.7. The summed E-state index contributed by atoms with van der Waals surface area (Å²) in [5, 5.41) is 9.92. The maximum Gasteiger partial charge on any atom is 0.0619 e. The molecule has 0 saturated heterocycles. The summed E-state index contributed by atoms with van der Waals surface area (Å²) in [5.41, 5.74) is 14.1. The number of para-hydroxylation sites is 1. The SMILES string of the molecule is c1ccc(-n2c3cccc(-c4cccc(N(c5ccc(-c6ccc(-c7cccc8ccccc78)cc6)cc5)c5cccc6ccccc56)c4)c3c3ccc4ccccc4c32)cc1. The fraction of sp³-hybridized carbons (Fsp3) is 0. The van der Waals surface area contributed by atoms with E-state index < -0.39 is 0 Å². The summed E-state index contributed by atoms with van der Waals surface area (Å²) in [5.74, 6) is 0. The molecule has 0 aliphatic heterocycles. The fourth-order valence-electron chi connectivity index (χ4n) is 9.68. The van der Waals surface area contributed by atoms with E-state index in [1.54, 1.807) is 0 Å². The first kappa shape index (κ1) is 35.7. The number of nitrogens with zero attached hydrogens (tertiary/aromatic N) is 2. The van der Waals surface area contributed by atoms with Crippen molar-refractivity contribution in [3.8, 4) is 39.1 Å². The molecule has 0 unspecified atom stereocenters. The monoisotopic (exact) mass is 788 g/mol. The van der Waals surface area contributed by atoms with Crippen LogP contribution in [0.5, 0.6) is 0 Å². The van der Waals surface area contributed by atoms with E-state index in [1.807, 2.05) is 0 Å². The van der Waals surface area contributed by atoms with Gasteiger partial charge in [0.1, 0.15) is 0 Å². The van der Waals surface area contributed by atoms with Crippen LogP contribution in [0.3, 0.4) is 0 Å². The average Bonchev–Trinajstić information content (AvgIpc) is 3.70. The Morgan fingerprint density at radius 1 is 0.306 bits per heavy atom. The summed E-state index contributed by atoms with van der Waals surface area (Å²) in [7, 11) is 0. The van der Waals surface area contributed by atoms with Gasteiger partial charge in [0, 0.05) is 38.6 Å². The highest BCUT2D eigenvalue weighted by atomic mass is 15.1. The number of hydrogen-bond donors (Lipinski definition) is 0. The first-order valence-corrected chi connectivity index (χ1v) is 21.3. The highest BCUT2D eigenvalue weighted by Crippen LogP contribution is 2.44. The topological polar surface area (TPSA) is 8.17 Å². The molecule has 12 rings (SSSR count). The maximum atomic E-state index is 2.45. The molecule has 1 aromatic heterocycles. The van der Waals surface area contributed by atoms with Crippen molar-refractivity contribution >= 4 is 71.2 Å². The van der Waals surface area contributed by atoms with E-state index in [1.165, 1.54) is 87.5 Å². The first-order chi connectivity index (χ1) is 30.8. The van der Waals surface area contributed by atoms with Crippen LogP contribution in [0.4, 0.5) is 17.1 Å². The summed E-state index contributed by atoms with van der Waals surface area (Å²) >= 11 is 0. The van der Waals surface area contributed by atoms with E-state index in [0.29, 0.717) is 0 Å². The van der Waals surface area contributed by atoms with E-state index in [4.69, 9.17) is 0 Å². The summed E-state index contributed by atoms with van der Waals surface area (Å²) in [4.78, 5) is 2.42. The predicted molar refractivity (Wildman–Crippen MR) is 264 cm³/mol. The van der Waals surface area contributed by atoms with Gasteiger partial charge in [-0.1, -0.05) is 194 Å². The highest BCUT2D eigenvalue weighted by molar-refractivity contribution is 6.22. The Morgan fingerprint density at radius 2 is 0.871 bits per heavy atom. The van der Waals surface area contributed by atoms with Crippen LogP contribution < -0.4 is 4.90 Å². The van der Waals surface area contributed by atoms with Gasteiger partial charge in [0.05, 0.1) is 16.7 Å². The van der Waals surface area contributed by atoms with E-state index in [0.717, 1.165) is 22.7 Å². The number of fused-ring (bicyclic) bond motifs is 7. The Hall–Kier alpha value is -8.20. The van der Waals surface area contributed by atoms with Crippen molar-refractivity contribution in [3.05, 3.63) is 243 Å². The molecule has 1 heterocycles. The van der Waals surface area contributed by atoms with E-state index in [2.05, 4.69) is 252 Å². The van der Waals surface area contributed by atoms with Gasteiger partial charge in [-0.05, 0) is 103 Å². The largest absolute Gasteiger partial charge is 0.310 e. The lowest BCUT2D eigenvalue weighted by atomic mass is 9.96. The summed E-state index contributed by atoms with van der Waals surface area (Å²) in [6, 6.07) is 88.4. The third-order valence-corrected chi connectivity index (χ3v) is 12.6. The molecule has 0 bridgehead atoms. The molecule has 11 aromatic carbocycles. The molecule has 0 amide bonds. The van der Waals surface area contributed by atoms with Gasteiger partial charge in [0.25, 0.3) is 0 Å². The zero-order valence-corrected chi connectivity index (χ0v) is 34.0. The Bertz CT molecular complexity index is 3610. The molecule has 12 aromatic rings. The third-order valence-electron chi connectivity index (χ3n) is 12.6. The number of anilines is 3. The second kappa shape index (κ2) is 14.8. The molecule has 290 valence electrons. The van der Waals surface area contributed by atoms with Gasteiger partial charge < -0.3 is 9.47 Å². The lowest BCUT2D eigenvalue weighted by molar-refractivity contribution is 1.19. The lowest BCUT2D eigenvalue weighted by Gasteiger charge is -2.27. The zero-order valence-electron chi connectivity index (χ0n) is 34.0. The van der Waals surface area contributed by atoms with Crippen LogP contribution in [0.2, 0.25) is 0 Å². The van der Waals surface area contributed by atoms with Gasteiger partial charge in [-0.2, -0.15) is 0 Å². The quantitative estimate of drug-likeness (QED) is 0.156. The molecule has 0 spiro atoms. The van der Waals surface area contributed by atoms with Crippen LogP contribution in [0.15, 0.2) is 243 Å². The minimum Gasteiger partial charge on any atom is -0.310 e. The molecular formula is C60H40N2. The van der Waals surface area contributed by atoms with E-state index >= 15 is 0 Å². The van der Waals surface area contributed by atoms with Crippen LogP contribution in [0.25, 0.3) is 93.2 Å². The molecule has 62 heavy (non-hydrogen) atoms. The normalized spacial score (nSPS) is 11.5. The fourth-order valence-corrected chi connectivity index (χ4v) is 9.68. The third kappa shape index (κ3) is 5.96. The van der Waals surface area contributed by atoms with Crippen LogP contribution in [-0.4, -0.2) is 4.57 Å². The summed E-state index contributed by atoms with van der Waals surface area (Å²) < 4.78 is 2.45. The van der Waals surface area contributed by atoms with Gasteiger partial charge >= 0.3 is 0 Å². The average molecular weight is 789 g/mol. The maximum absolute atomic E-state index is 2.45. The Kier molecular flexibility index (Phi) is 8.53. The van der Waals surface area contributed by atoms with Crippen LogP contribution >= 0.6 is 0 Å². The molecule has 0 fully saturated rings. The minimum absolute atomic E-state index is 1.10. The minimum atomic E-state index is 1.10. The summed E-state index contributed by atoms with van der Waals surface area (Å²) in [6.07, 6.45) is 0. The molecule has 0 atom stereocenters. The van der Waals surface area contributed by atoms with Gasteiger partial charge in [-0.3, -0.25) is 0 Å². The van der Waals surface area contributed by atoms with Crippen LogP contribution in [-0.2, 0) is 0 Å². The smallest absolute Gasteiger partial charge is 0.0619 e. The Balaban J connectivity index is 0.990. The van der Waals surface area contributed by atoms with Gasteiger partial charge in [0.15, 0.2) is 0 Å². The number of benzene rings is 11. The van der Waals surface area contributed by atoms with Gasteiger partial charge in [0.2, 0.25) is 0 Å². The molecule has 0 aliphatic carbocycles. The van der Waals surface area contributed by atoms with Crippen molar-refractivity contribution in [1.82, 2.24) is 4.57 Å². The van der Waals surface area contributed by atoms with E-state index in [-0.39, 0.29) is 0 Å². The van der Waals surface area contributed by atoms with Crippen LogP contribution in [0.1, 0.15) is 0 Å². The Labute approximate surface area is 360 Å². The molecule has 2 nitrogen and oxygen atoms in total. The van der Waals surface area contributed by atoms with Crippen molar-refractivity contribution < 1.29 is 0 Å². The number of hydrogen-bond acceptors (Lipinski definition) is 1. The second-order valence-corrected chi connectivity index (χ2v) is 16.1. The lowest BCUT2D eigenvalue weighted by Crippen LogP contribution is -2.10. The standard InChI is InChI=1S/C60H40N2/c1-2-20-48(21-3-1)62-58-29-13-27-54(59(58)56-39-36-45-16-6-9-25-55(45)60(56)62)47-19-10-22-50(40-47)61(57-28-12-18-44-15-5-8-24-53(44)57)49-37-34-42(35-38-49)41-30-32-46(33-31-41)52-26-11-17-43-14-4-7-23-51(43)52/h1-40H. The van der Waals surface area contributed by atoms with Crippen molar-refractivity contribution in [1.29, 1.82) is 0 Å². The molecule has 2 heteroatoms. The van der Waals surface area contributed by atoms with Crippen molar-refractivity contribution in [2.75, 3.05) is 4.90 Å². The second-order valence-electron chi connectivity index (χ2n) is 16.1. The number of aromatic nitrogens is 1. The van der Waals surface area contributed by atoms with Crippen molar-refractivity contribution in [3.63, 3.8) is 0 Å². The zero-order chi connectivity index (χ0) is 41.0.